The van der Waals surface area contributed by atoms with Crippen molar-refractivity contribution < 1.29 is 9.59 Å². The van der Waals surface area contributed by atoms with Gasteiger partial charge in [-0.05, 0) is 12.8 Å². The fourth-order valence-electron chi connectivity index (χ4n) is 1.60. The third kappa shape index (κ3) is 4.95. The fourth-order valence-corrected chi connectivity index (χ4v) is 2.32. The molecule has 1 rings (SSSR count). The summed E-state index contributed by atoms with van der Waals surface area (Å²) in [5.41, 5.74) is 5.22. The zero-order valence-corrected chi connectivity index (χ0v) is 11.7. The van der Waals surface area contributed by atoms with Crippen LogP contribution in [0.1, 0.15) is 12.8 Å². The molecule has 0 aliphatic heterocycles. The van der Waals surface area contributed by atoms with Gasteiger partial charge in [-0.1, -0.05) is 47.0 Å². The van der Waals surface area contributed by atoms with Gasteiger partial charge in [0.05, 0.1) is 11.8 Å². The lowest BCUT2D eigenvalue weighted by molar-refractivity contribution is -0.131. The average Bonchev–Trinajstić information content (AvgIpc) is 2.25. The molecule has 0 bridgehead atoms. The van der Waals surface area contributed by atoms with E-state index in [9.17, 15) is 9.59 Å². The molecule has 0 saturated heterocycles. The lowest BCUT2D eigenvalue weighted by Gasteiger charge is -2.24. The second-order valence-corrected chi connectivity index (χ2v) is 7.53. The molecule has 0 radical (unpaired) electrons. The first-order valence-electron chi connectivity index (χ1n) is 4.82. The van der Waals surface area contributed by atoms with Gasteiger partial charge in [0, 0.05) is 11.9 Å². The number of rotatable bonds is 3. The molecule has 0 aromatic rings. The van der Waals surface area contributed by atoms with E-state index in [-0.39, 0.29) is 5.91 Å². The number of carbonyl (C=O) groups is 2. The molecule has 3 N–H and O–H groups in total. The predicted molar refractivity (Wildman–Crippen MR) is 70.6 cm³/mol. The highest BCUT2D eigenvalue weighted by Gasteiger charge is 2.33. The minimum absolute atomic E-state index is 0.352. The summed E-state index contributed by atoms with van der Waals surface area (Å²) in [5, 5.41) is 0. The third-order valence-corrected chi connectivity index (χ3v) is 3.58. The molecule has 2 unspecified atom stereocenters. The van der Waals surface area contributed by atoms with Crippen LogP contribution in [-0.2, 0) is 9.59 Å². The van der Waals surface area contributed by atoms with Gasteiger partial charge in [-0.3, -0.25) is 14.3 Å². The van der Waals surface area contributed by atoms with Gasteiger partial charge in [-0.15, -0.1) is 0 Å². The second-order valence-electron chi connectivity index (χ2n) is 3.55. The number of alkyl halides is 3. The van der Waals surface area contributed by atoms with Crippen LogP contribution in [0.15, 0.2) is 12.2 Å². The Morgan fingerprint density at radius 2 is 2.06 bits per heavy atom. The van der Waals surface area contributed by atoms with Crippen LogP contribution < -0.4 is 10.5 Å². The van der Waals surface area contributed by atoms with Crippen LogP contribution in [0.3, 0.4) is 0 Å². The normalized spacial score (nSPS) is 24.4. The Kier molecular flexibility index (Phi) is 5.44. The van der Waals surface area contributed by atoms with Crippen LogP contribution in [-0.4, -0.2) is 14.9 Å². The van der Waals surface area contributed by atoms with Gasteiger partial charge in [-0.25, -0.2) is 0 Å². The van der Waals surface area contributed by atoms with Crippen LogP contribution in [0.25, 0.3) is 0 Å². The molecule has 0 fully saturated rings. The summed E-state index contributed by atoms with van der Waals surface area (Å²) in [5.74, 6) is -1.98. The smallest absolute Gasteiger partial charge is 0.256 e. The van der Waals surface area contributed by atoms with E-state index in [2.05, 4.69) is 4.72 Å². The molecule has 17 heavy (non-hydrogen) atoms. The molecule has 0 spiro atoms. The van der Waals surface area contributed by atoms with Crippen LogP contribution in [0, 0.1) is 11.8 Å². The third-order valence-electron chi connectivity index (χ3n) is 2.35. The first-order valence-corrected chi connectivity index (χ1v) is 6.77. The molecule has 0 aromatic carbocycles. The number of nitrogens with two attached hydrogens (primary N) is 1. The minimum atomic E-state index is -1.62. The first kappa shape index (κ1) is 15.0. The number of carbonyl (C=O) groups excluding carboxylic acids is 2. The maximum Gasteiger partial charge on any atom is 0.256 e. The molecule has 1 aliphatic carbocycles. The molecule has 0 aromatic heterocycles. The van der Waals surface area contributed by atoms with Crippen molar-refractivity contribution in [2.75, 3.05) is 0 Å². The number of halogens is 3. The molecular weight excluding hydrogens is 307 g/mol. The van der Waals surface area contributed by atoms with E-state index >= 15 is 0 Å². The highest BCUT2D eigenvalue weighted by molar-refractivity contribution is 8.03. The van der Waals surface area contributed by atoms with Gasteiger partial charge in [0.25, 0.3) is 3.12 Å². The Bertz CT molecular complexity index is 344. The van der Waals surface area contributed by atoms with Gasteiger partial charge in [0.15, 0.2) is 0 Å². The lowest BCUT2D eigenvalue weighted by atomic mass is 9.83. The van der Waals surface area contributed by atoms with Gasteiger partial charge in [0.2, 0.25) is 11.8 Å². The summed E-state index contributed by atoms with van der Waals surface area (Å²) in [7, 11) is 0. The molecule has 8 heteroatoms. The lowest BCUT2D eigenvalue weighted by Crippen LogP contribution is -2.39. The Hall–Kier alpha value is -0.100. The van der Waals surface area contributed by atoms with Crippen LogP contribution in [0.5, 0.6) is 0 Å². The molecule has 0 heterocycles. The molecule has 2 atom stereocenters. The van der Waals surface area contributed by atoms with E-state index in [0.717, 1.165) is 6.42 Å². The molecule has 1 aliphatic rings. The number of hydrogen-bond donors (Lipinski definition) is 2. The first-order chi connectivity index (χ1) is 7.81. The number of hydrogen-bond acceptors (Lipinski definition) is 3. The number of primary amides is 1. The van der Waals surface area contributed by atoms with E-state index in [0.29, 0.717) is 18.4 Å². The maximum absolute atomic E-state index is 11.8. The van der Waals surface area contributed by atoms with E-state index in [1.807, 2.05) is 6.08 Å². The van der Waals surface area contributed by atoms with Crippen molar-refractivity contribution in [1.82, 2.24) is 4.72 Å². The van der Waals surface area contributed by atoms with Crippen molar-refractivity contribution in [2.45, 2.75) is 16.0 Å². The standard InChI is InChI=1S/C9H11Cl3N2O2S/c10-9(11,12)17-14-8(16)6-4-2-1-3-5(6)7(13)15/h1,3,5-6H,2,4H2,(H2,13,15)(H,14,16). The zero-order chi connectivity index (χ0) is 13.1. The maximum atomic E-state index is 11.8. The summed E-state index contributed by atoms with van der Waals surface area (Å²) in [6.45, 7) is 0. The van der Waals surface area contributed by atoms with E-state index < -0.39 is 20.9 Å². The van der Waals surface area contributed by atoms with Gasteiger partial charge < -0.3 is 5.73 Å². The van der Waals surface area contributed by atoms with Crippen molar-refractivity contribution in [3.05, 3.63) is 12.2 Å². The summed E-state index contributed by atoms with van der Waals surface area (Å²) < 4.78 is 0.795. The van der Waals surface area contributed by atoms with Gasteiger partial charge >= 0.3 is 0 Å². The van der Waals surface area contributed by atoms with E-state index in [1.54, 1.807) is 6.08 Å². The Morgan fingerprint density at radius 3 is 2.59 bits per heavy atom. The number of allylic oxidation sites excluding steroid dienone is 1. The monoisotopic (exact) mass is 316 g/mol. The Balaban J connectivity index is 2.61. The van der Waals surface area contributed by atoms with Crippen LogP contribution in [0.2, 0.25) is 0 Å². The van der Waals surface area contributed by atoms with Gasteiger partial charge in [-0.2, -0.15) is 0 Å². The van der Waals surface area contributed by atoms with E-state index in [4.69, 9.17) is 40.5 Å². The highest BCUT2D eigenvalue weighted by Crippen LogP contribution is 2.37. The summed E-state index contributed by atoms with van der Waals surface area (Å²) in [6, 6.07) is 0. The molecule has 96 valence electrons. The minimum Gasteiger partial charge on any atom is -0.369 e. The Morgan fingerprint density at radius 1 is 1.41 bits per heavy atom. The molecular formula is C9H11Cl3N2O2S. The summed E-state index contributed by atoms with van der Waals surface area (Å²) >= 11 is 17.1. The SMILES string of the molecule is NC(=O)C1C=CCCC1C(=O)NSC(Cl)(Cl)Cl. The number of nitrogens with one attached hydrogen (secondary N) is 1. The van der Waals surface area contributed by atoms with Crippen LogP contribution >= 0.6 is 46.8 Å². The van der Waals surface area contributed by atoms with Crippen LogP contribution in [0.4, 0.5) is 0 Å². The molecule has 0 saturated carbocycles. The average molecular weight is 318 g/mol. The van der Waals surface area contributed by atoms with Crippen molar-refractivity contribution in [2.24, 2.45) is 17.6 Å². The molecule has 2 amide bonds. The zero-order valence-electron chi connectivity index (χ0n) is 8.66. The van der Waals surface area contributed by atoms with Crippen molar-refractivity contribution in [1.29, 1.82) is 0 Å². The fraction of sp³-hybridized carbons (Fsp3) is 0.556. The largest absolute Gasteiger partial charge is 0.369 e. The molecule has 4 nitrogen and oxygen atoms in total. The van der Waals surface area contributed by atoms with Crippen molar-refractivity contribution >= 4 is 58.6 Å². The van der Waals surface area contributed by atoms with E-state index in [1.165, 1.54) is 0 Å². The quantitative estimate of drug-likeness (QED) is 0.476. The second kappa shape index (κ2) is 6.18. The predicted octanol–water partition coefficient (Wildman–Crippen LogP) is 2.15. The van der Waals surface area contributed by atoms with Gasteiger partial charge in [0.1, 0.15) is 0 Å². The highest BCUT2D eigenvalue weighted by atomic mass is 35.6. The Labute approximate surface area is 118 Å². The van der Waals surface area contributed by atoms with Crippen molar-refractivity contribution in [3.63, 3.8) is 0 Å². The summed E-state index contributed by atoms with van der Waals surface area (Å²) in [4.78, 5) is 23.0. The van der Waals surface area contributed by atoms with Crippen molar-refractivity contribution in [3.8, 4) is 0 Å². The topological polar surface area (TPSA) is 72.2 Å². The summed E-state index contributed by atoms with van der Waals surface area (Å²) in [6.07, 6.45) is 4.76. The number of amides is 2.